The van der Waals surface area contributed by atoms with Crippen LogP contribution in [0, 0.1) is 5.92 Å². The van der Waals surface area contributed by atoms with Gasteiger partial charge < -0.3 is 11.2 Å². The van der Waals surface area contributed by atoms with Crippen molar-refractivity contribution < 1.29 is 71.7 Å². The molecule has 0 radical (unpaired) electrons. The van der Waals surface area contributed by atoms with Crippen molar-refractivity contribution in [2.45, 2.75) is 78.1 Å². The summed E-state index contributed by atoms with van der Waals surface area (Å²) < 4.78 is 15.4. The molecule has 0 rings (SSSR count). The Kier molecular flexibility index (Phi) is 18.8. The summed E-state index contributed by atoms with van der Waals surface area (Å²) in [6.07, 6.45) is 11.6. The molecule has 4 nitrogen and oxygen atoms in total. The van der Waals surface area contributed by atoms with Crippen molar-refractivity contribution >= 4 is 7.82 Å². The minimum atomic E-state index is -4.31. The number of hydrogen-bond donors (Lipinski definition) is 2. The van der Waals surface area contributed by atoms with Crippen molar-refractivity contribution in [2.75, 3.05) is 6.61 Å². The van der Waals surface area contributed by atoms with Crippen molar-refractivity contribution in [1.29, 1.82) is 0 Å². The Morgan fingerprint density at radius 2 is 1.40 bits per heavy atom. The van der Waals surface area contributed by atoms with Gasteiger partial charge in [0, 0.05) is 0 Å². The molecule has 0 aliphatic heterocycles. The maximum Gasteiger partial charge on any atom is 1.00 e. The van der Waals surface area contributed by atoms with E-state index in [2.05, 4.69) is 18.4 Å². The molecule has 0 fully saturated rings. The van der Waals surface area contributed by atoms with Crippen molar-refractivity contribution in [2.24, 2.45) is 5.92 Å². The molecule has 0 atom stereocenters. The summed E-state index contributed by atoms with van der Waals surface area (Å²) >= 11 is 0. The van der Waals surface area contributed by atoms with E-state index in [0.717, 1.165) is 25.7 Å². The molecule has 0 spiro atoms. The van der Waals surface area contributed by atoms with E-state index in [-0.39, 0.29) is 59.4 Å². The minimum Gasteiger partial charge on any atom is -1.00 e. The van der Waals surface area contributed by atoms with E-state index >= 15 is 0 Å². The second-order valence-electron chi connectivity index (χ2n) is 5.35. The third-order valence-corrected chi connectivity index (χ3v) is 3.90. The average Bonchev–Trinajstić information content (AvgIpc) is 2.34. The van der Waals surface area contributed by atoms with Crippen LogP contribution < -0.4 is 51.4 Å². The van der Waals surface area contributed by atoms with Crippen molar-refractivity contribution in [3.8, 4) is 0 Å². The zero-order chi connectivity index (χ0) is 14.6. The molecule has 0 amide bonds. The normalized spacial score (nSPS) is 11.7. The Morgan fingerprint density at radius 1 is 0.950 bits per heavy atom. The van der Waals surface area contributed by atoms with E-state index in [0.29, 0.717) is 5.92 Å². The Bertz CT molecular complexity index is 239. The average molecular weight is 334 g/mol. The van der Waals surface area contributed by atoms with Gasteiger partial charge in [0.1, 0.15) is 0 Å². The van der Waals surface area contributed by atoms with Crippen LogP contribution in [0.25, 0.3) is 0 Å². The molecule has 0 saturated carbocycles. The maximum absolute atomic E-state index is 10.8. The van der Waals surface area contributed by atoms with Crippen LogP contribution >= 0.6 is 7.82 Å². The van der Waals surface area contributed by atoms with Crippen LogP contribution in [0.1, 0.15) is 79.5 Å². The largest absolute Gasteiger partial charge is 1.00 e. The first-order valence-electron chi connectivity index (χ1n) is 7.69. The first-order valence-corrected chi connectivity index (χ1v) is 9.22. The molecular weight excluding hydrogens is 302 g/mol. The van der Waals surface area contributed by atoms with Gasteiger partial charge in [0.15, 0.2) is 0 Å². The third kappa shape index (κ3) is 17.8. The Balaban J connectivity index is -0.00000162. The van der Waals surface area contributed by atoms with Crippen LogP contribution in [-0.2, 0) is 9.09 Å². The van der Waals surface area contributed by atoms with E-state index in [1.54, 1.807) is 0 Å². The Labute approximate surface area is 168 Å². The van der Waals surface area contributed by atoms with E-state index in [1.807, 2.05) is 0 Å². The number of phosphoric acid groups is 1. The van der Waals surface area contributed by atoms with Crippen LogP contribution in [-0.4, -0.2) is 16.4 Å². The van der Waals surface area contributed by atoms with Gasteiger partial charge in [-0.05, 0) is 18.8 Å². The summed E-state index contributed by atoms with van der Waals surface area (Å²) in [6.45, 7) is 4.56. The molecule has 0 aliphatic rings. The molecule has 0 heterocycles. The molecule has 0 aromatic heterocycles. The predicted molar refractivity (Wildman–Crippen MR) is 80.1 cm³/mol. The molecule has 20 heavy (non-hydrogen) atoms. The second kappa shape index (κ2) is 15.6. The summed E-state index contributed by atoms with van der Waals surface area (Å²) in [7, 11) is -4.31. The van der Waals surface area contributed by atoms with Crippen LogP contribution in [0.3, 0.4) is 0 Å². The first-order chi connectivity index (χ1) is 8.99. The van der Waals surface area contributed by atoms with Gasteiger partial charge >= 0.3 is 59.2 Å². The van der Waals surface area contributed by atoms with Gasteiger partial charge in [0.25, 0.3) is 0 Å². The van der Waals surface area contributed by atoms with Crippen molar-refractivity contribution in [3.05, 3.63) is 0 Å². The van der Waals surface area contributed by atoms with E-state index in [4.69, 9.17) is 9.79 Å². The summed E-state index contributed by atoms with van der Waals surface area (Å²) in [5.41, 5.74) is 0. The molecular formula is C14H32KO4P. The SMILES string of the molecule is CCCCCCC(CCCCCC)COP(=O)(O)O.[H-].[K+]. The molecule has 0 aliphatic carbocycles. The molecule has 0 unspecified atom stereocenters. The minimum absolute atomic E-state index is 0. The van der Waals surface area contributed by atoms with Crippen LogP contribution in [0.4, 0.5) is 0 Å². The van der Waals surface area contributed by atoms with Gasteiger partial charge in [0.05, 0.1) is 6.61 Å². The molecule has 118 valence electrons. The van der Waals surface area contributed by atoms with Gasteiger partial charge in [0.2, 0.25) is 0 Å². The number of hydrogen-bond acceptors (Lipinski definition) is 2. The summed E-state index contributed by atoms with van der Waals surface area (Å²) in [4.78, 5) is 17.5. The third-order valence-electron chi connectivity index (χ3n) is 3.41. The van der Waals surface area contributed by atoms with Crippen molar-refractivity contribution in [3.63, 3.8) is 0 Å². The monoisotopic (exact) mass is 334 g/mol. The van der Waals surface area contributed by atoms with Crippen LogP contribution in [0.2, 0.25) is 0 Å². The van der Waals surface area contributed by atoms with Gasteiger partial charge in [-0.2, -0.15) is 0 Å². The maximum atomic E-state index is 10.8. The zero-order valence-corrected chi connectivity index (χ0v) is 17.5. The second-order valence-corrected chi connectivity index (χ2v) is 6.59. The van der Waals surface area contributed by atoms with Gasteiger partial charge in [-0.15, -0.1) is 0 Å². The fourth-order valence-corrected chi connectivity index (χ4v) is 2.64. The van der Waals surface area contributed by atoms with Gasteiger partial charge in [-0.1, -0.05) is 65.2 Å². The zero-order valence-electron chi connectivity index (χ0n) is 14.5. The summed E-state index contributed by atoms with van der Waals surface area (Å²) in [6, 6.07) is 0. The topological polar surface area (TPSA) is 66.8 Å². The van der Waals surface area contributed by atoms with E-state index in [1.165, 1.54) is 38.5 Å². The van der Waals surface area contributed by atoms with Gasteiger partial charge in [-0.25, -0.2) is 4.57 Å². The molecule has 2 N–H and O–H groups in total. The van der Waals surface area contributed by atoms with Crippen LogP contribution in [0.5, 0.6) is 0 Å². The predicted octanol–water partition coefficient (Wildman–Crippen LogP) is 1.77. The standard InChI is InChI=1S/C14H31O4P.K.H/c1-3-5-7-9-11-14(12-10-8-6-4-2)13-18-19(15,16)17;;/h14H,3-13H2,1-2H3,(H2,15,16,17);;/q;+1;-1. The summed E-state index contributed by atoms with van der Waals surface area (Å²) in [5, 5.41) is 0. The number of rotatable bonds is 13. The first kappa shape index (κ1) is 24.0. The number of unbranched alkanes of at least 4 members (excludes halogenated alkanes) is 6. The fourth-order valence-electron chi connectivity index (χ4n) is 2.23. The van der Waals surface area contributed by atoms with Crippen molar-refractivity contribution in [1.82, 2.24) is 0 Å². The molecule has 0 saturated heterocycles. The summed E-state index contributed by atoms with van der Waals surface area (Å²) in [5.74, 6) is 0.293. The van der Waals surface area contributed by atoms with Crippen LogP contribution in [0.15, 0.2) is 0 Å². The fraction of sp³-hybridized carbons (Fsp3) is 1.00. The molecule has 0 aromatic carbocycles. The van der Waals surface area contributed by atoms with E-state index in [9.17, 15) is 4.57 Å². The smallest absolute Gasteiger partial charge is 1.00 e. The van der Waals surface area contributed by atoms with Gasteiger partial charge in [-0.3, -0.25) is 4.52 Å². The van der Waals surface area contributed by atoms with E-state index < -0.39 is 7.82 Å². The molecule has 6 heteroatoms. The molecule has 0 bridgehead atoms. The Morgan fingerprint density at radius 3 is 1.75 bits per heavy atom. The quantitative estimate of drug-likeness (QED) is 0.306. The Hall–Kier alpha value is 1.75. The number of phosphoric ester groups is 1. The molecule has 0 aromatic rings.